The van der Waals surface area contributed by atoms with E-state index in [1.165, 1.54) is 16.7 Å². The highest BCUT2D eigenvalue weighted by atomic mass is 32.2. The summed E-state index contributed by atoms with van der Waals surface area (Å²) in [6.45, 7) is 7.17. The van der Waals surface area contributed by atoms with Gasteiger partial charge >= 0.3 is 0 Å². The van der Waals surface area contributed by atoms with Crippen LogP contribution in [0.2, 0.25) is 0 Å². The first-order valence-corrected chi connectivity index (χ1v) is 8.19. The number of rotatable bonds is 6. The van der Waals surface area contributed by atoms with Gasteiger partial charge in [0.05, 0.1) is 6.26 Å². The molecule has 1 aromatic heterocycles. The Bertz CT molecular complexity index is 464. The largest absolute Gasteiger partial charge is 0.310 e. The van der Waals surface area contributed by atoms with Crippen LogP contribution in [0.5, 0.6) is 0 Å². The Morgan fingerprint density at radius 1 is 1.41 bits per heavy atom. The number of hydrogen-bond donors (Lipinski definition) is 2. The van der Waals surface area contributed by atoms with Gasteiger partial charge in [-0.2, -0.15) is 0 Å². The average Bonchev–Trinajstić information content (AvgIpc) is 2.47. The lowest BCUT2D eigenvalue weighted by molar-refractivity contribution is 0.421. The molecule has 6 heteroatoms. The first kappa shape index (κ1) is 14.6. The van der Waals surface area contributed by atoms with Crippen LogP contribution in [-0.2, 0) is 16.6 Å². The molecule has 0 saturated carbocycles. The van der Waals surface area contributed by atoms with Crippen molar-refractivity contribution in [3.8, 4) is 0 Å². The molecule has 0 radical (unpaired) electrons. The number of thiophene rings is 1. The van der Waals surface area contributed by atoms with E-state index in [0.717, 1.165) is 6.54 Å². The lowest BCUT2D eigenvalue weighted by Gasteiger charge is -2.25. The zero-order valence-electron chi connectivity index (χ0n) is 10.7. The molecule has 2 N–H and O–H groups in total. The van der Waals surface area contributed by atoms with E-state index in [4.69, 9.17) is 0 Å². The standard InChI is InChI=1S/C11H20N2O2S2/c1-9-5-6-16-10(9)7-12-8-11(2,3)13-17(4,14)15/h5-6,12-13H,7-8H2,1-4H3. The van der Waals surface area contributed by atoms with Crippen molar-refractivity contribution in [2.24, 2.45) is 0 Å². The van der Waals surface area contributed by atoms with Crippen molar-refractivity contribution in [3.05, 3.63) is 21.9 Å². The molecule has 0 atom stereocenters. The highest BCUT2D eigenvalue weighted by Crippen LogP contribution is 2.15. The summed E-state index contributed by atoms with van der Waals surface area (Å²) >= 11 is 1.71. The second kappa shape index (κ2) is 5.48. The number of sulfonamides is 1. The van der Waals surface area contributed by atoms with Gasteiger partial charge in [-0.15, -0.1) is 11.3 Å². The average molecular weight is 276 g/mol. The van der Waals surface area contributed by atoms with Gasteiger partial charge in [0.25, 0.3) is 0 Å². The zero-order valence-corrected chi connectivity index (χ0v) is 12.3. The van der Waals surface area contributed by atoms with Gasteiger partial charge in [-0.3, -0.25) is 0 Å². The molecule has 4 nitrogen and oxygen atoms in total. The summed E-state index contributed by atoms with van der Waals surface area (Å²) in [5, 5.41) is 5.34. The minimum Gasteiger partial charge on any atom is -0.310 e. The molecule has 0 spiro atoms. The maximum absolute atomic E-state index is 11.2. The number of nitrogens with one attached hydrogen (secondary N) is 2. The van der Waals surface area contributed by atoms with Crippen LogP contribution in [0.1, 0.15) is 24.3 Å². The van der Waals surface area contributed by atoms with Crippen molar-refractivity contribution in [1.82, 2.24) is 10.0 Å². The molecule has 0 saturated heterocycles. The third kappa shape index (κ3) is 5.63. The molecule has 0 aliphatic carbocycles. The monoisotopic (exact) mass is 276 g/mol. The highest BCUT2D eigenvalue weighted by molar-refractivity contribution is 7.88. The van der Waals surface area contributed by atoms with Crippen molar-refractivity contribution in [2.75, 3.05) is 12.8 Å². The van der Waals surface area contributed by atoms with Crippen molar-refractivity contribution in [3.63, 3.8) is 0 Å². The minimum atomic E-state index is -3.16. The molecule has 0 amide bonds. The number of hydrogen-bond acceptors (Lipinski definition) is 4. The Kier molecular flexibility index (Phi) is 4.71. The molecular weight excluding hydrogens is 256 g/mol. The van der Waals surface area contributed by atoms with Gasteiger partial charge in [-0.1, -0.05) is 0 Å². The SMILES string of the molecule is Cc1ccsc1CNCC(C)(C)NS(C)(=O)=O. The first-order chi connectivity index (χ1) is 7.70. The Hall–Kier alpha value is -0.430. The summed E-state index contributed by atoms with van der Waals surface area (Å²) in [6, 6.07) is 2.08. The van der Waals surface area contributed by atoms with Crippen LogP contribution in [0.3, 0.4) is 0 Å². The highest BCUT2D eigenvalue weighted by Gasteiger charge is 2.21. The fourth-order valence-electron chi connectivity index (χ4n) is 1.61. The number of aryl methyl sites for hydroxylation is 1. The van der Waals surface area contributed by atoms with Crippen molar-refractivity contribution >= 4 is 21.4 Å². The molecule has 17 heavy (non-hydrogen) atoms. The quantitative estimate of drug-likeness (QED) is 0.827. The Morgan fingerprint density at radius 3 is 2.53 bits per heavy atom. The predicted molar refractivity (Wildman–Crippen MR) is 72.8 cm³/mol. The summed E-state index contributed by atoms with van der Waals surface area (Å²) in [4.78, 5) is 1.29. The molecule has 98 valence electrons. The summed E-state index contributed by atoms with van der Waals surface area (Å²) in [5.41, 5.74) is 0.801. The van der Waals surface area contributed by atoms with Crippen LogP contribution in [0, 0.1) is 6.92 Å². The third-order valence-corrected chi connectivity index (χ3v) is 4.23. The van der Waals surface area contributed by atoms with Gasteiger partial charge in [-0.05, 0) is 37.8 Å². The first-order valence-electron chi connectivity index (χ1n) is 5.42. The Morgan fingerprint density at radius 2 is 2.06 bits per heavy atom. The molecule has 0 aliphatic rings. The molecule has 1 rings (SSSR count). The van der Waals surface area contributed by atoms with Gasteiger partial charge in [0, 0.05) is 23.5 Å². The summed E-state index contributed by atoms with van der Waals surface area (Å²) < 4.78 is 24.9. The van der Waals surface area contributed by atoms with E-state index in [0.29, 0.717) is 6.54 Å². The van der Waals surface area contributed by atoms with E-state index in [9.17, 15) is 8.42 Å². The zero-order chi connectivity index (χ0) is 13.1. The van der Waals surface area contributed by atoms with Gasteiger partial charge < -0.3 is 5.32 Å². The van der Waals surface area contributed by atoms with Crippen LogP contribution < -0.4 is 10.0 Å². The third-order valence-electron chi connectivity index (χ3n) is 2.28. The normalized spacial score (nSPS) is 12.9. The van der Waals surface area contributed by atoms with E-state index >= 15 is 0 Å². The summed E-state index contributed by atoms with van der Waals surface area (Å²) in [7, 11) is -3.16. The van der Waals surface area contributed by atoms with Gasteiger partial charge in [-0.25, -0.2) is 13.1 Å². The van der Waals surface area contributed by atoms with Crippen LogP contribution in [0.4, 0.5) is 0 Å². The van der Waals surface area contributed by atoms with E-state index in [1.807, 2.05) is 13.8 Å². The lowest BCUT2D eigenvalue weighted by atomic mass is 10.1. The second-order valence-electron chi connectivity index (χ2n) is 4.89. The topological polar surface area (TPSA) is 58.2 Å². The predicted octanol–water partition coefficient (Wildman–Crippen LogP) is 1.47. The Labute approximate surface area is 107 Å². The van der Waals surface area contributed by atoms with Crippen LogP contribution in [0.25, 0.3) is 0 Å². The summed E-state index contributed by atoms with van der Waals surface area (Å²) in [5.74, 6) is 0. The molecule has 1 aromatic rings. The van der Waals surface area contributed by atoms with E-state index < -0.39 is 15.6 Å². The molecule has 0 fully saturated rings. The maximum Gasteiger partial charge on any atom is 0.209 e. The molecule has 0 unspecified atom stereocenters. The van der Waals surface area contributed by atoms with Gasteiger partial charge in [0.15, 0.2) is 0 Å². The van der Waals surface area contributed by atoms with Crippen molar-refractivity contribution in [2.45, 2.75) is 32.9 Å². The van der Waals surface area contributed by atoms with Crippen LogP contribution in [0.15, 0.2) is 11.4 Å². The fourth-order valence-corrected chi connectivity index (χ4v) is 3.56. The molecule has 1 heterocycles. The smallest absolute Gasteiger partial charge is 0.209 e. The van der Waals surface area contributed by atoms with E-state index in [1.54, 1.807) is 11.3 Å². The Balaban J connectivity index is 2.43. The molecule has 0 bridgehead atoms. The molecule has 0 aliphatic heterocycles. The molecular formula is C11H20N2O2S2. The second-order valence-corrected chi connectivity index (χ2v) is 7.64. The van der Waals surface area contributed by atoms with Gasteiger partial charge in [0.2, 0.25) is 10.0 Å². The lowest BCUT2D eigenvalue weighted by Crippen LogP contribution is -2.49. The van der Waals surface area contributed by atoms with E-state index in [2.05, 4.69) is 28.4 Å². The van der Waals surface area contributed by atoms with Crippen LogP contribution >= 0.6 is 11.3 Å². The van der Waals surface area contributed by atoms with Gasteiger partial charge in [0.1, 0.15) is 0 Å². The summed E-state index contributed by atoms with van der Waals surface area (Å²) in [6.07, 6.45) is 1.18. The fraction of sp³-hybridized carbons (Fsp3) is 0.636. The van der Waals surface area contributed by atoms with Crippen molar-refractivity contribution < 1.29 is 8.42 Å². The van der Waals surface area contributed by atoms with Crippen LogP contribution in [-0.4, -0.2) is 26.8 Å². The maximum atomic E-state index is 11.2. The van der Waals surface area contributed by atoms with E-state index in [-0.39, 0.29) is 0 Å². The molecule has 0 aromatic carbocycles. The van der Waals surface area contributed by atoms with Crippen molar-refractivity contribution in [1.29, 1.82) is 0 Å². The minimum absolute atomic E-state index is 0.473.